The van der Waals surface area contributed by atoms with Gasteiger partial charge in [-0.3, -0.25) is 0 Å². The second-order valence-electron chi connectivity index (χ2n) is 1.37. The van der Waals surface area contributed by atoms with E-state index in [1.54, 1.807) is 0 Å². The molecule has 0 atom stereocenters. The number of rotatable bonds is 0. The van der Waals surface area contributed by atoms with E-state index in [4.69, 9.17) is 0 Å². The minimum Gasteiger partial charge on any atom is -0.0890 e. The van der Waals surface area contributed by atoms with Gasteiger partial charge in [-0.15, -0.1) is 0 Å². The SMILES string of the molecule is CC=C(C)C.[K]. The summed E-state index contributed by atoms with van der Waals surface area (Å²) in [5, 5.41) is 0. The minimum atomic E-state index is 0. The zero-order chi connectivity index (χ0) is 4.28. The van der Waals surface area contributed by atoms with Crippen molar-refractivity contribution in [2.75, 3.05) is 0 Å². The van der Waals surface area contributed by atoms with Crippen LogP contribution in [0.25, 0.3) is 0 Å². The average molecular weight is 109 g/mol. The van der Waals surface area contributed by atoms with Gasteiger partial charge in [0.25, 0.3) is 0 Å². The van der Waals surface area contributed by atoms with Gasteiger partial charge in [0.05, 0.1) is 0 Å². The van der Waals surface area contributed by atoms with Crippen molar-refractivity contribution >= 4 is 51.4 Å². The van der Waals surface area contributed by atoms with Crippen molar-refractivity contribution in [1.29, 1.82) is 0 Å². The van der Waals surface area contributed by atoms with Gasteiger partial charge in [-0.2, -0.15) is 0 Å². The van der Waals surface area contributed by atoms with E-state index < -0.39 is 0 Å². The molecule has 0 saturated heterocycles. The largest absolute Gasteiger partial charge is 0.0890 e. The molecule has 0 heterocycles. The molecule has 0 rings (SSSR count). The van der Waals surface area contributed by atoms with Crippen LogP contribution in [0, 0.1) is 0 Å². The molecule has 0 unspecified atom stereocenters. The molecule has 0 N–H and O–H groups in total. The molecule has 0 fully saturated rings. The molecule has 0 nitrogen and oxygen atoms in total. The predicted molar refractivity (Wildman–Crippen MR) is 30.9 cm³/mol. The Morgan fingerprint density at radius 1 is 1.33 bits per heavy atom. The summed E-state index contributed by atoms with van der Waals surface area (Å²) in [5.74, 6) is 0. The minimum absolute atomic E-state index is 0. The fraction of sp³-hybridized carbons (Fsp3) is 0.600. The molecule has 0 aliphatic carbocycles. The van der Waals surface area contributed by atoms with Crippen LogP contribution in [-0.4, -0.2) is 51.4 Å². The van der Waals surface area contributed by atoms with Crippen molar-refractivity contribution in [3.8, 4) is 0 Å². The molecule has 0 aliphatic heterocycles. The van der Waals surface area contributed by atoms with Crippen LogP contribution in [0.3, 0.4) is 0 Å². The summed E-state index contributed by atoms with van der Waals surface area (Å²) < 4.78 is 0. The molecule has 0 aromatic heterocycles. The van der Waals surface area contributed by atoms with Crippen LogP contribution in [0.1, 0.15) is 20.8 Å². The van der Waals surface area contributed by atoms with E-state index in [1.807, 2.05) is 6.92 Å². The van der Waals surface area contributed by atoms with Gasteiger partial charge in [-0.05, 0) is 20.8 Å². The van der Waals surface area contributed by atoms with Crippen LogP contribution < -0.4 is 0 Å². The standard InChI is InChI=1S/C5H10.K/c1-4-5(2)3;/h4H,1-3H3;. The van der Waals surface area contributed by atoms with E-state index in [0.29, 0.717) is 0 Å². The second kappa shape index (κ2) is 6.38. The third kappa shape index (κ3) is 9.03. The Kier molecular flexibility index (Phi) is 11.0. The van der Waals surface area contributed by atoms with Crippen LogP contribution in [0.5, 0.6) is 0 Å². The van der Waals surface area contributed by atoms with E-state index >= 15 is 0 Å². The van der Waals surface area contributed by atoms with Crippen molar-refractivity contribution in [2.24, 2.45) is 0 Å². The monoisotopic (exact) mass is 109 g/mol. The molecule has 0 spiro atoms. The Balaban J connectivity index is 0. The summed E-state index contributed by atoms with van der Waals surface area (Å²) >= 11 is 0. The Bertz CT molecular complexity index is 41.9. The Labute approximate surface area is 82.4 Å². The maximum atomic E-state index is 2.08. The predicted octanol–water partition coefficient (Wildman–Crippen LogP) is 1.59. The van der Waals surface area contributed by atoms with Gasteiger partial charge in [-0.25, -0.2) is 0 Å². The van der Waals surface area contributed by atoms with Gasteiger partial charge < -0.3 is 0 Å². The number of hydrogen-bond acceptors (Lipinski definition) is 0. The van der Waals surface area contributed by atoms with Crippen LogP contribution in [0.15, 0.2) is 11.6 Å². The molecule has 6 heavy (non-hydrogen) atoms. The van der Waals surface area contributed by atoms with Crippen molar-refractivity contribution in [1.82, 2.24) is 0 Å². The fourth-order valence-corrected chi connectivity index (χ4v) is 0. The molecule has 1 radical (unpaired) electrons. The van der Waals surface area contributed by atoms with E-state index in [9.17, 15) is 0 Å². The van der Waals surface area contributed by atoms with Gasteiger partial charge in [0.15, 0.2) is 0 Å². The molecule has 0 amide bonds. The zero-order valence-corrected chi connectivity index (χ0v) is 8.20. The molecule has 0 aromatic carbocycles. The Morgan fingerprint density at radius 2 is 1.50 bits per heavy atom. The summed E-state index contributed by atoms with van der Waals surface area (Å²) in [4.78, 5) is 0. The summed E-state index contributed by atoms with van der Waals surface area (Å²) in [5.41, 5.74) is 1.38. The van der Waals surface area contributed by atoms with Crippen LogP contribution >= 0.6 is 0 Å². The van der Waals surface area contributed by atoms with Crippen LogP contribution in [-0.2, 0) is 0 Å². The molecule has 0 aromatic rings. The maximum absolute atomic E-state index is 2.08. The first-order valence-electron chi connectivity index (χ1n) is 1.87. The topological polar surface area (TPSA) is 0 Å². The summed E-state index contributed by atoms with van der Waals surface area (Å²) in [6, 6.07) is 0. The number of hydrogen-bond donors (Lipinski definition) is 0. The molecule has 0 bridgehead atoms. The third-order valence-electron chi connectivity index (χ3n) is 0.577. The van der Waals surface area contributed by atoms with Crippen LogP contribution in [0.2, 0.25) is 0 Å². The third-order valence-corrected chi connectivity index (χ3v) is 0.577. The molecule has 1 heteroatoms. The first-order chi connectivity index (χ1) is 2.27. The van der Waals surface area contributed by atoms with Crippen LogP contribution in [0.4, 0.5) is 0 Å². The molecule has 0 saturated carbocycles. The summed E-state index contributed by atoms with van der Waals surface area (Å²) in [6.45, 7) is 6.20. The van der Waals surface area contributed by atoms with Crippen molar-refractivity contribution in [3.05, 3.63) is 11.6 Å². The molecular formula is C5H10K. The summed E-state index contributed by atoms with van der Waals surface area (Å²) in [6.07, 6.45) is 2.08. The van der Waals surface area contributed by atoms with Gasteiger partial charge in [0.2, 0.25) is 0 Å². The Morgan fingerprint density at radius 3 is 1.50 bits per heavy atom. The maximum Gasteiger partial charge on any atom is 0 e. The van der Waals surface area contributed by atoms with Gasteiger partial charge in [0, 0.05) is 51.4 Å². The fourth-order valence-electron chi connectivity index (χ4n) is 0. The second-order valence-corrected chi connectivity index (χ2v) is 1.37. The van der Waals surface area contributed by atoms with Crippen molar-refractivity contribution in [2.45, 2.75) is 20.8 Å². The first-order valence-corrected chi connectivity index (χ1v) is 1.87. The molecule has 0 aliphatic rings. The van der Waals surface area contributed by atoms with Crippen molar-refractivity contribution in [3.63, 3.8) is 0 Å². The van der Waals surface area contributed by atoms with Crippen molar-refractivity contribution < 1.29 is 0 Å². The smallest absolute Gasteiger partial charge is 0 e. The first kappa shape index (κ1) is 10.4. The molecule has 31 valence electrons. The van der Waals surface area contributed by atoms with Gasteiger partial charge in [-0.1, -0.05) is 11.6 Å². The zero-order valence-electron chi connectivity index (χ0n) is 5.08. The van der Waals surface area contributed by atoms with E-state index in [0.717, 1.165) is 0 Å². The average Bonchev–Trinajstić information content (AvgIpc) is 1.38. The Hall–Kier alpha value is 1.38. The summed E-state index contributed by atoms with van der Waals surface area (Å²) in [7, 11) is 0. The van der Waals surface area contributed by atoms with Gasteiger partial charge >= 0.3 is 0 Å². The van der Waals surface area contributed by atoms with E-state index in [-0.39, 0.29) is 51.4 Å². The van der Waals surface area contributed by atoms with E-state index in [1.165, 1.54) is 5.57 Å². The number of allylic oxidation sites excluding steroid dienone is 2. The van der Waals surface area contributed by atoms with Gasteiger partial charge in [0.1, 0.15) is 0 Å². The quantitative estimate of drug-likeness (QED) is 0.327. The molecular weight excluding hydrogens is 99.2 g/mol. The normalized spacial score (nSPS) is 5.83. The van der Waals surface area contributed by atoms with E-state index in [2.05, 4.69) is 19.9 Å².